The Kier molecular flexibility index (Phi) is 5.34. The summed E-state index contributed by atoms with van der Waals surface area (Å²) in [5, 5.41) is 0. The van der Waals surface area contributed by atoms with Crippen molar-refractivity contribution >= 4 is 15.9 Å². The molecule has 0 aliphatic carbocycles. The molecule has 1 aromatic heterocycles. The molecular weight excluding hydrogens is 385 g/mol. The maximum atomic E-state index is 13.4. The standard InChI is InChI=1S/C20H17BrFNO2/c1-13-4-2-6-15(8-13)12-25-19-16(11-23-20(24)18(19)21)9-14-5-3-7-17(22)10-14/h2-8,10-11H,9,12H2,1H3,(H,23,24). The average molecular weight is 402 g/mol. The van der Waals surface area contributed by atoms with E-state index in [4.69, 9.17) is 4.74 Å². The summed E-state index contributed by atoms with van der Waals surface area (Å²) in [6.45, 7) is 2.36. The summed E-state index contributed by atoms with van der Waals surface area (Å²) in [4.78, 5) is 14.6. The van der Waals surface area contributed by atoms with Crippen molar-refractivity contribution in [3.63, 3.8) is 0 Å². The summed E-state index contributed by atoms with van der Waals surface area (Å²) in [7, 11) is 0. The zero-order valence-electron chi connectivity index (χ0n) is 13.7. The molecule has 0 aliphatic heterocycles. The Bertz CT molecular complexity index is 952. The van der Waals surface area contributed by atoms with E-state index < -0.39 is 0 Å². The Labute approximate surface area is 153 Å². The highest BCUT2D eigenvalue weighted by molar-refractivity contribution is 9.10. The van der Waals surface area contributed by atoms with Gasteiger partial charge in [-0.05, 0) is 46.1 Å². The SMILES string of the molecule is Cc1cccc(COc2c(Cc3cccc(F)c3)c[nH]c(=O)c2Br)c1. The molecule has 0 fully saturated rings. The molecule has 0 amide bonds. The van der Waals surface area contributed by atoms with E-state index in [-0.39, 0.29) is 11.4 Å². The van der Waals surface area contributed by atoms with Gasteiger partial charge in [-0.3, -0.25) is 4.79 Å². The van der Waals surface area contributed by atoms with Gasteiger partial charge < -0.3 is 9.72 Å². The topological polar surface area (TPSA) is 42.1 Å². The molecule has 1 N–H and O–H groups in total. The number of hydrogen-bond donors (Lipinski definition) is 1. The van der Waals surface area contributed by atoms with Gasteiger partial charge in [-0.1, -0.05) is 42.0 Å². The van der Waals surface area contributed by atoms with Gasteiger partial charge in [0.15, 0.2) is 0 Å². The van der Waals surface area contributed by atoms with Crippen molar-refractivity contribution in [1.82, 2.24) is 4.98 Å². The minimum absolute atomic E-state index is 0.262. The number of ether oxygens (including phenoxy) is 1. The van der Waals surface area contributed by atoms with Crippen molar-refractivity contribution in [2.45, 2.75) is 20.0 Å². The van der Waals surface area contributed by atoms with Gasteiger partial charge in [0.1, 0.15) is 22.6 Å². The lowest BCUT2D eigenvalue weighted by molar-refractivity contribution is 0.300. The normalized spacial score (nSPS) is 10.7. The Balaban J connectivity index is 1.88. The minimum Gasteiger partial charge on any atom is -0.487 e. The van der Waals surface area contributed by atoms with Gasteiger partial charge in [0.2, 0.25) is 0 Å². The van der Waals surface area contributed by atoms with Gasteiger partial charge in [0.05, 0.1) is 0 Å². The van der Waals surface area contributed by atoms with Crippen LogP contribution in [-0.2, 0) is 13.0 Å². The van der Waals surface area contributed by atoms with Gasteiger partial charge in [0, 0.05) is 18.2 Å². The van der Waals surface area contributed by atoms with Crippen LogP contribution in [0.2, 0.25) is 0 Å². The van der Waals surface area contributed by atoms with E-state index in [1.165, 1.54) is 12.1 Å². The van der Waals surface area contributed by atoms with Crippen molar-refractivity contribution in [2.75, 3.05) is 0 Å². The number of aryl methyl sites for hydroxylation is 1. The molecule has 25 heavy (non-hydrogen) atoms. The molecule has 3 rings (SSSR count). The molecule has 0 aliphatic rings. The fourth-order valence-electron chi connectivity index (χ4n) is 2.64. The molecule has 0 saturated heterocycles. The maximum Gasteiger partial charge on any atom is 0.266 e. The number of halogens is 2. The molecule has 0 spiro atoms. The van der Waals surface area contributed by atoms with Crippen LogP contribution < -0.4 is 10.3 Å². The second kappa shape index (κ2) is 7.66. The summed E-state index contributed by atoms with van der Waals surface area (Å²) >= 11 is 3.30. The van der Waals surface area contributed by atoms with E-state index in [9.17, 15) is 9.18 Å². The first-order valence-corrected chi connectivity index (χ1v) is 8.65. The average Bonchev–Trinajstić information content (AvgIpc) is 2.58. The molecular formula is C20H17BrFNO2. The first-order valence-electron chi connectivity index (χ1n) is 7.86. The van der Waals surface area contributed by atoms with Gasteiger partial charge in [-0.2, -0.15) is 0 Å². The number of aromatic nitrogens is 1. The zero-order chi connectivity index (χ0) is 17.8. The molecule has 3 aromatic rings. The van der Waals surface area contributed by atoms with Crippen LogP contribution in [0.25, 0.3) is 0 Å². The summed E-state index contributed by atoms with van der Waals surface area (Å²) in [6, 6.07) is 14.4. The number of rotatable bonds is 5. The molecule has 1 heterocycles. The van der Waals surface area contributed by atoms with Crippen molar-refractivity contribution in [3.8, 4) is 5.75 Å². The van der Waals surface area contributed by atoms with E-state index in [0.29, 0.717) is 23.2 Å². The van der Waals surface area contributed by atoms with Crippen molar-refractivity contribution in [1.29, 1.82) is 0 Å². The lowest BCUT2D eigenvalue weighted by Crippen LogP contribution is -2.11. The van der Waals surface area contributed by atoms with Crippen LogP contribution in [0.1, 0.15) is 22.3 Å². The fourth-order valence-corrected chi connectivity index (χ4v) is 3.12. The highest BCUT2D eigenvalue weighted by atomic mass is 79.9. The quantitative estimate of drug-likeness (QED) is 0.669. The van der Waals surface area contributed by atoms with Gasteiger partial charge in [0.25, 0.3) is 5.56 Å². The van der Waals surface area contributed by atoms with Crippen LogP contribution >= 0.6 is 15.9 Å². The third-order valence-electron chi connectivity index (χ3n) is 3.82. The smallest absolute Gasteiger partial charge is 0.266 e. The molecule has 5 heteroatoms. The van der Waals surface area contributed by atoms with Gasteiger partial charge in [-0.15, -0.1) is 0 Å². The van der Waals surface area contributed by atoms with Crippen LogP contribution in [0.4, 0.5) is 4.39 Å². The molecule has 0 unspecified atom stereocenters. The van der Waals surface area contributed by atoms with Gasteiger partial charge in [-0.25, -0.2) is 4.39 Å². The number of nitrogens with one attached hydrogen (secondary N) is 1. The Hall–Kier alpha value is -2.40. The molecule has 3 nitrogen and oxygen atoms in total. The number of hydrogen-bond acceptors (Lipinski definition) is 2. The van der Waals surface area contributed by atoms with Crippen LogP contribution in [0, 0.1) is 12.7 Å². The first-order chi connectivity index (χ1) is 12.0. The summed E-state index contributed by atoms with van der Waals surface area (Å²) in [5.74, 6) is 0.192. The Morgan fingerprint density at radius 3 is 2.64 bits per heavy atom. The lowest BCUT2D eigenvalue weighted by atomic mass is 10.1. The summed E-state index contributed by atoms with van der Waals surface area (Å²) < 4.78 is 19.7. The first kappa shape index (κ1) is 17.4. The van der Waals surface area contributed by atoms with Crippen LogP contribution in [0.3, 0.4) is 0 Å². The van der Waals surface area contributed by atoms with Crippen LogP contribution in [-0.4, -0.2) is 4.98 Å². The van der Waals surface area contributed by atoms with Crippen LogP contribution in [0.15, 0.2) is 64.0 Å². The van der Waals surface area contributed by atoms with Crippen molar-refractivity contribution < 1.29 is 9.13 Å². The van der Waals surface area contributed by atoms with E-state index in [2.05, 4.69) is 20.9 Å². The summed E-state index contributed by atoms with van der Waals surface area (Å²) in [6.07, 6.45) is 2.07. The predicted octanol–water partition coefficient (Wildman–Crippen LogP) is 4.75. The highest BCUT2D eigenvalue weighted by Gasteiger charge is 2.13. The minimum atomic E-state index is -0.289. The van der Waals surface area contributed by atoms with Crippen molar-refractivity contribution in [3.05, 3.63) is 97.6 Å². The zero-order valence-corrected chi connectivity index (χ0v) is 15.3. The maximum absolute atomic E-state index is 13.4. The highest BCUT2D eigenvalue weighted by Crippen LogP contribution is 2.28. The second-order valence-corrected chi connectivity index (χ2v) is 6.66. The van der Waals surface area contributed by atoms with Crippen molar-refractivity contribution in [2.24, 2.45) is 0 Å². The predicted molar refractivity (Wildman–Crippen MR) is 99.5 cm³/mol. The third-order valence-corrected chi connectivity index (χ3v) is 4.54. The van der Waals surface area contributed by atoms with Crippen LogP contribution in [0.5, 0.6) is 5.75 Å². The molecule has 0 radical (unpaired) electrons. The van der Waals surface area contributed by atoms with E-state index in [0.717, 1.165) is 22.3 Å². The number of benzene rings is 2. The van der Waals surface area contributed by atoms with E-state index in [1.807, 2.05) is 37.3 Å². The molecule has 0 bridgehead atoms. The number of aromatic amines is 1. The number of pyridine rings is 1. The lowest BCUT2D eigenvalue weighted by Gasteiger charge is -2.13. The number of H-pyrrole nitrogens is 1. The fraction of sp³-hybridized carbons (Fsp3) is 0.150. The third kappa shape index (κ3) is 4.37. The van der Waals surface area contributed by atoms with Gasteiger partial charge >= 0.3 is 0 Å². The monoisotopic (exact) mass is 401 g/mol. The molecule has 128 valence electrons. The Morgan fingerprint density at radius 1 is 1.12 bits per heavy atom. The molecule has 2 aromatic carbocycles. The van der Waals surface area contributed by atoms with E-state index >= 15 is 0 Å². The molecule has 0 saturated carbocycles. The van der Waals surface area contributed by atoms with E-state index in [1.54, 1.807) is 12.3 Å². The molecule has 0 atom stereocenters. The Morgan fingerprint density at radius 2 is 1.88 bits per heavy atom. The summed E-state index contributed by atoms with van der Waals surface area (Å²) in [5.41, 5.74) is 3.49. The largest absolute Gasteiger partial charge is 0.487 e. The second-order valence-electron chi connectivity index (χ2n) is 5.87.